The Balaban J connectivity index is 1.00. The van der Waals surface area contributed by atoms with Crippen LogP contribution in [-0.4, -0.2) is 34.1 Å². The summed E-state index contributed by atoms with van der Waals surface area (Å²) >= 11 is 0. The van der Waals surface area contributed by atoms with Gasteiger partial charge in [0.1, 0.15) is 0 Å². The molecule has 0 unspecified atom stereocenters. The summed E-state index contributed by atoms with van der Waals surface area (Å²) in [6.07, 6.45) is 0. The zero-order chi connectivity index (χ0) is 45.0. The molecule has 0 aliphatic rings. The molecule has 13 aromatic rings. The fourth-order valence-corrected chi connectivity index (χ4v) is 9.58. The molecule has 0 bridgehead atoms. The van der Waals surface area contributed by atoms with Crippen molar-refractivity contribution in [1.82, 2.24) is 34.1 Å². The molecule has 0 aliphatic carbocycles. The van der Waals surface area contributed by atoms with E-state index < -0.39 is 0 Å². The van der Waals surface area contributed by atoms with E-state index >= 15 is 0 Å². The summed E-state index contributed by atoms with van der Waals surface area (Å²) in [7, 11) is 0. The predicted octanol–water partition coefficient (Wildman–Crippen LogP) is 14.9. The topological polar surface area (TPSA) is 74.3 Å². The van der Waals surface area contributed by atoms with Crippen LogP contribution in [0.4, 0.5) is 0 Å². The second-order valence-electron chi connectivity index (χ2n) is 16.9. The molecule has 0 aliphatic heterocycles. The molecule has 0 saturated carbocycles. The van der Waals surface area contributed by atoms with Gasteiger partial charge >= 0.3 is 0 Å². The smallest absolute Gasteiger partial charge is 0.238 e. The lowest BCUT2D eigenvalue weighted by Gasteiger charge is -2.13. The lowest BCUT2D eigenvalue weighted by Crippen LogP contribution is -2.06. The molecule has 13 rings (SSSR count). The quantitative estimate of drug-likeness (QED) is 0.152. The minimum Gasteiger partial charge on any atom is -0.309 e. The van der Waals surface area contributed by atoms with Gasteiger partial charge in [0.05, 0.1) is 33.5 Å². The molecule has 0 saturated heterocycles. The van der Waals surface area contributed by atoms with Crippen LogP contribution in [-0.2, 0) is 0 Å². The first-order valence-corrected chi connectivity index (χ1v) is 22.7. The molecule has 0 N–H and O–H groups in total. The number of hydrogen-bond donors (Lipinski definition) is 0. The van der Waals surface area contributed by atoms with Gasteiger partial charge in [-0.3, -0.25) is 4.57 Å². The van der Waals surface area contributed by atoms with Crippen LogP contribution in [0, 0.1) is 0 Å². The highest BCUT2D eigenvalue weighted by Crippen LogP contribution is 2.40. The van der Waals surface area contributed by atoms with Crippen molar-refractivity contribution in [2.45, 2.75) is 0 Å². The predicted molar refractivity (Wildman–Crippen MR) is 277 cm³/mol. The van der Waals surface area contributed by atoms with Crippen LogP contribution in [0.5, 0.6) is 0 Å². The first-order chi connectivity index (χ1) is 33.7. The van der Waals surface area contributed by atoms with E-state index in [4.69, 9.17) is 24.9 Å². The molecular weight excluding hydrogens is 831 g/mol. The molecule has 0 spiro atoms. The Labute approximate surface area is 392 Å². The number of hydrogen-bond acceptors (Lipinski definition) is 5. The molecule has 0 atom stereocenters. The van der Waals surface area contributed by atoms with E-state index in [9.17, 15) is 0 Å². The van der Waals surface area contributed by atoms with E-state index in [2.05, 4.69) is 173 Å². The Hall–Kier alpha value is -9.33. The van der Waals surface area contributed by atoms with Crippen LogP contribution >= 0.6 is 0 Å². The molecule has 4 aromatic heterocycles. The Morgan fingerprint density at radius 1 is 0.235 bits per heavy atom. The molecule has 7 heteroatoms. The van der Waals surface area contributed by atoms with Crippen molar-refractivity contribution in [2.75, 3.05) is 0 Å². The Bertz CT molecular complexity index is 3950. The maximum Gasteiger partial charge on any atom is 0.238 e. The van der Waals surface area contributed by atoms with Gasteiger partial charge in [-0.2, -0.15) is 9.97 Å². The fourth-order valence-electron chi connectivity index (χ4n) is 9.58. The standard InChI is InChI=1S/C61H39N7/c1-5-19-40(20-6-1)44-27-17-28-45(35-44)53-39-52(41-21-7-2-8-22-41)62-60(63-53)46-29-18-30-47(36-46)67-54-33-15-13-31-48(54)50-38-57-51(37-56(50)67)49-32-14-16-34-55(49)68(57)61-65-58(42-23-9-3-10-24-42)64-59(66-61)43-25-11-4-12-26-43/h1-39H. The Morgan fingerprint density at radius 2 is 0.676 bits per heavy atom. The number of fused-ring (bicyclic) bond motifs is 6. The molecule has 0 fully saturated rings. The average Bonchev–Trinajstić information content (AvgIpc) is 3.93. The zero-order valence-electron chi connectivity index (χ0n) is 36.6. The van der Waals surface area contributed by atoms with Crippen LogP contribution in [0.25, 0.3) is 123 Å². The normalized spacial score (nSPS) is 11.5. The number of rotatable bonds is 8. The van der Waals surface area contributed by atoms with Gasteiger partial charge in [0.25, 0.3) is 0 Å². The lowest BCUT2D eigenvalue weighted by atomic mass is 10.0. The second-order valence-corrected chi connectivity index (χ2v) is 16.9. The molecule has 318 valence electrons. The summed E-state index contributed by atoms with van der Waals surface area (Å²) in [5.74, 6) is 2.44. The van der Waals surface area contributed by atoms with Gasteiger partial charge < -0.3 is 4.57 Å². The van der Waals surface area contributed by atoms with E-state index in [1.165, 1.54) is 0 Å². The molecule has 0 amide bonds. The molecule has 4 heterocycles. The van der Waals surface area contributed by atoms with Gasteiger partial charge in [0.15, 0.2) is 17.5 Å². The van der Waals surface area contributed by atoms with Crippen molar-refractivity contribution in [3.05, 3.63) is 237 Å². The SMILES string of the molecule is c1ccc(-c2cccc(-c3cc(-c4ccccc4)nc(-c4cccc(-n5c6ccccc6c6cc7c(cc65)c5ccccc5n7-c5nc(-c6ccccc6)nc(-c6ccccc6)n5)c4)n3)c2)cc1. The molecule has 9 aromatic carbocycles. The summed E-state index contributed by atoms with van der Waals surface area (Å²) in [6.45, 7) is 0. The maximum atomic E-state index is 5.30. The van der Waals surface area contributed by atoms with Crippen LogP contribution < -0.4 is 0 Å². The number of para-hydroxylation sites is 2. The van der Waals surface area contributed by atoms with Crippen LogP contribution in [0.15, 0.2) is 237 Å². The largest absolute Gasteiger partial charge is 0.309 e. The lowest BCUT2D eigenvalue weighted by molar-refractivity contribution is 0.954. The molecule has 7 nitrogen and oxygen atoms in total. The van der Waals surface area contributed by atoms with Crippen molar-refractivity contribution in [3.8, 4) is 79.4 Å². The third-order valence-corrected chi connectivity index (χ3v) is 12.8. The van der Waals surface area contributed by atoms with E-state index in [1.807, 2.05) is 72.8 Å². The first kappa shape index (κ1) is 39.1. The highest BCUT2D eigenvalue weighted by Gasteiger charge is 2.22. The summed E-state index contributed by atoms with van der Waals surface area (Å²) in [5, 5.41) is 4.46. The molecule has 68 heavy (non-hydrogen) atoms. The summed E-state index contributed by atoms with van der Waals surface area (Å²) in [6, 6.07) is 82.2. The van der Waals surface area contributed by atoms with E-state index in [-0.39, 0.29) is 0 Å². The summed E-state index contributed by atoms with van der Waals surface area (Å²) < 4.78 is 4.57. The van der Waals surface area contributed by atoms with Gasteiger partial charge in [0, 0.05) is 55.0 Å². The van der Waals surface area contributed by atoms with Crippen LogP contribution in [0.2, 0.25) is 0 Å². The van der Waals surface area contributed by atoms with Crippen molar-refractivity contribution >= 4 is 43.6 Å². The van der Waals surface area contributed by atoms with E-state index in [0.29, 0.717) is 23.4 Å². The van der Waals surface area contributed by atoms with Crippen molar-refractivity contribution in [2.24, 2.45) is 0 Å². The third kappa shape index (κ3) is 6.80. The molecular formula is C61H39N7. The Kier molecular flexibility index (Phi) is 9.35. The highest BCUT2D eigenvalue weighted by molar-refractivity contribution is 6.19. The van der Waals surface area contributed by atoms with Crippen molar-refractivity contribution in [3.63, 3.8) is 0 Å². The average molecular weight is 870 g/mol. The molecule has 0 radical (unpaired) electrons. The number of benzene rings is 9. The Morgan fingerprint density at radius 3 is 1.29 bits per heavy atom. The zero-order valence-corrected chi connectivity index (χ0v) is 36.6. The summed E-state index contributed by atoms with van der Waals surface area (Å²) in [4.78, 5) is 25.9. The van der Waals surface area contributed by atoms with E-state index in [0.717, 1.165) is 99.6 Å². The first-order valence-electron chi connectivity index (χ1n) is 22.7. The van der Waals surface area contributed by atoms with Gasteiger partial charge in [-0.1, -0.05) is 188 Å². The maximum absolute atomic E-state index is 5.30. The minimum absolute atomic E-state index is 0.559. The monoisotopic (exact) mass is 869 g/mol. The van der Waals surface area contributed by atoms with E-state index in [1.54, 1.807) is 0 Å². The van der Waals surface area contributed by atoms with Crippen molar-refractivity contribution in [1.29, 1.82) is 0 Å². The second kappa shape index (κ2) is 16.3. The van der Waals surface area contributed by atoms with Crippen LogP contribution in [0.3, 0.4) is 0 Å². The number of aromatic nitrogens is 7. The fraction of sp³-hybridized carbons (Fsp3) is 0. The third-order valence-electron chi connectivity index (χ3n) is 12.8. The van der Waals surface area contributed by atoms with Gasteiger partial charge in [-0.15, -0.1) is 0 Å². The summed E-state index contributed by atoms with van der Waals surface area (Å²) in [5.41, 5.74) is 14.1. The van der Waals surface area contributed by atoms with Gasteiger partial charge in [-0.05, 0) is 59.7 Å². The van der Waals surface area contributed by atoms with Crippen LogP contribution in [0.1, 0.15) is 0 Å². The minimum atomic E-state index is 0.559. The van der Waals surface area contributed by atoms with Crippen molar-refractivity contribution < 1.29 is 0 Å². The highest BCUT2D eigenvalue weighted by atomic mass is 15.2. The van der Waals surface area contributed by atoms with Gasteiger partial charge in [-0.25, -0.2) is 15.0 Å². The number of nitrogens with zero attached hydrogens (tertiary/aromatic N) is 7. The van der Waals surface area contributed by atoms with Gasteiger partial charge in [0.2, 0.25) is 5.95 Å².